The number of rotatable bonds is 7. The van der Waals surface area contributed by atoms with Gasteiger partial charge in [-0.1, -0.05) is 30.3 Å². The van der Waals surface area contributed by atoms with Crippen LogP contribution in [-0.2, 0) is 4.79 Å². The number of aliphatic carboxylic acids is 1. The largest absolute Gasteiger partial charge is 0.545 e. The molecule has 0 aliphatic carbocycles. The van der Waals surface area contributed by atoms with Crippen LogP contribution in [0.15, 0.2) is 65.9 Å². The van der Waals surface area contributed by atoms with Crippen LogP contribution in [-0.4, -0.2) is 28.9 Å². The third kappa shape index (κ3) is 3.86. The number of anilines is 1. The van der Waals surface area contributed by atoms with Gasteiger partial charge in [0.25, 0.3) is 5.69 Å². The molecule has 8 nitrogen and oxygen atoms in total. The average molecular weight is 479 g/mol. The Kier molecular flexibility index (Phi) is 6.24. The monoisotopic (exact) mass is 478 g/mol. The summed E-state index contributed by atoms with van der Waals surface area (Å²) < 4.78 is 5.35. The molecule has 2 heterocycles. The maximum Gasteiger partial charge on any atom is 0.269 e. The van der Waals surface area contributed by atoms with E-state index >= 15 is 0 Å². The normalized spacial score (nSPS) is 17.9. The van der Waals surface area contributed by atoms with Crippen LogP contribution in [0.3, 0.4) is 0 Å². The molecular weight excluding hydrogens is 452 g/mol. The number of allylic oxidation sites excluding steroid dienone is 1. The van der Waals surface area contributed by atoms with Gasteiger partial charge in [-0.2, -0.15) is 4.37 Å². The van der Waals surface area contributed by atoms with Crippen LogP contribution in [0.2, 0.25) is 0 Å². The number of carboxylic acid groups (broad SMARTS) is 1. The van der Waals surface area contributed by atoms with Crippen LogP contribution >= 0.6 is 11.5 Å². The molecule has 0 saturated carbocycles. The van der Waals surface area contributed by atoms with E-state index in [0.29, 0.717) is 15.7 Å². The number of para-hydroxylation sites is 1. The van der Waals surface area contributed by atoms with Crippen LogP contribution in [0.4, 0.5) is 16.4 Å². The zero-order chi connectivity index (χ0) is 24.6. The van der Waals surface area contributed by atoms with Crippen molar-refractivity contribution in [2.45, 2.75) is 32.7 Å². The van der Waals surface area contributed by atoms with Crippen molar-refractivity contribution in [2.24, 2.45) is 0 Å². The topological polar surface area (TPSA) is 108 Å². The van der Waals surface area contributed by atoms with Gasteiger partial charge in [0, 0.05) is 34.9 Å². The van der Waals surface area contributed by atoms with Gasteiger partial charge in [0.2, 0.25) is 0 Å². The molecule has 176 valence electrons. The second-order valence-electron chi connectivity index (χ2n) is 8.64. The molecule has 0 saturated heterocycles. The molecule has 34 heavy (non-hydrogen) atoms. The summed E-state index contributed by atoms with van der Waals surface area (Å²) >= 11 is 1.28. The summed E-state index contributed by atoms with van der Waals surface area (Å²) in [7, 11) is 2.13. The van der Waals surface area contributed by atoms with Gasteiger partial charge in [-0.25, -0.2) is 0 Å². The molecule has 0 spiro atoms. The van der Waals surface area contributed by atoms with Gasteiger partial charge in [-0.3, -0.25) is 14.6 Å². The zero-order valence-electron chi connectivity index (χ0n) is 19.4. The van der Waals surface area contributed by atoms with E-state index in [2.05, 4.69) is 38.3 Å². The lowest BCUT2D eigenvalue weighted by atomic mass is 9.80. The second-order valence-corrected chi connectivity index (χ2v) is 9.42. The van der Waals surface area contributed by atoms with Gasteiger partial charge < -0.3 is 15.2 Å². The minimum absolute atomic E-state index is 0.0621. The van der Waals surface area contributed by atoms with Crippen LogP contribution in [0, 0.1) is 10.1 Å². The smallest absolute Gasteiger partial charge is 0.269 e. The standard InChI is InChI=1S/C25H26N4O4S/c1-5-29(4,19-12-7-6-8-13-19)16(3)23-22-21(17-10-9-11-18(14-17)28(32)33)20(25(30)31)15(2)26-24(22)34-27-23/h6-14,16,21H,5H2,1-4H3,(H-,26,27,30,31)/t16-,21?,29?/m0/s1. The number of aromatic nitrogens is 1. The molecule has 2 aromatic carbocycles. The highest BCUT2D eigenvalue weighted by molar-refractivity contribution is 7.10. The highest BCUT2D eigenvalue weighted by Gasteiger charge is 2.40. The van der Waals surface area contributed by atoms with Gasteiger partial charge in [0.05, 0.1) is 24.5 Å². The SMILES string of the molecule is CC[N+](C)(c1ccccc1)[C@@H](C)c1nsc2c1C(c1cccc([N+](=O)[O-])c1)C(C(=O)[O-])=C(C)N2. The summed E-state index contributed by atoms with van der Waals surface area (Å²) in [6.07, 6.45) is 0. The first kappa shape index (κ1) is 23.6. The number of hydrogen-bond acceptors (Lipinski definition) is 7. The molecule has 1 aliphatic rings. The van der Waals surface area contributed by atoms with Gasteiger partial charge in [-0.05, 0) is 50.0 Å². The Morgan fingerprint density at radius 1 is 1.24 bits per heavy atom. The van der Waals surface area contributed by atoms with Crippen molar-refractivity contribution in [2.75, 3.05) is 18.9 Å². The molecule has 1 aliphatic heterocycles. The summed E-state index contributed by atoms with van der Waals surface area (Å²) in [6, 6.07) is 16.1. The highest BCUT2D eigenvalue weighted by Crippen LogP contribution is 2.49. The number of carboxylic acids is 1. The number of quaternary nitrogens is 1. The highest BCUT2D eigenvalue weighted by atomic mass is 32.1. The predicted molar refractivity (Wildman–Crippen MR) is 131 cm³/mol. The van der Waals surface area contributed by atoms with Crippen molar-refractivity contribution in [1.29, 1.82) is 0 Å². The first-order valence-electron chi connectivity index (χ1n) is 11.0. The summed E-state index contributed by atoms with van der Waals surface area (Å²) in [5.41, 5.74) is 3.55. The Morgan fingerprint density at radius 2 is 1.94 bits per heavy atom. The number of nitrogens with one attached hydrogen (secondary N) is 1. The van der Waals surface area contributed by atoms with Crippen LogP contribution in [0.1, 0.15) is 49.6 Å². The van der Waals surface area contributed by atoms with E-state index in [9.17, 15) is 20.0 Å². The Morgan fingerprint density at radius 3 is 2.56 bits per heavy atom. The third-order valence-corrected chi connectivity index (χ3v) is 7.72. The number of carbonyl (C=O) groups excluding carboxylic acids is 1. The maximum atomic E-state index is 12.3. The van der Waals surface area contributed by atoms with E-state index in [4.69, 9.17) is 4.37 Å². The molecule has 4 rings (SSSR count). The van der Waals surface area contributed by atoms with Crippen molar-refractivity contribution in [3.05, 3.63) is 92.8 Å². The van der Waals surface area contributed by atoms with E-state index in [1.165, 1.54) is 23.7 Å². The summed E-state index contributed by atoms with van der Waals surface area (Å²) in [5, 5.41) is 27.7. The number of non-ortho nitro benzene ring substituents is 1. The van der Waals surface area contributed by atoms with Crippen LogP contribution < -0.4 is 14.9 Å². The lowest BCUT2D eigenvalue weighted by Gasteiger charge is -2.39. The molecule has 3 aromatic rings. The Hall–Kier alpha value is -3.56. The first-order valence-corrected chi connectivity index (χ1v) is 11.8. The second kappa shape index (κ2) is 9.00. The number of nitro groups is 1. The fraction of sp³-hybridized carbons (Fsp3) is 0.280. The van der Waals surface area contributed by atoms with Crippen molar-refractivity contribution in [1.82, 2.24) is 8.86 Å². The van der Waals surface area contributed by atoms with Crippen molar-refractivity contribution in [3.63, 3.8) is 0 Å². The van der Waals surface area contributed by atoms with E-state index in [1.807, 2.05) is 18.2 Å². The minimum atomic E-state index is -1.31. The molecule has 1 aromatic heterocycles. The molecule has 2 unspecified atom stereocenters. The molecule has 0 bridgehead atoms. The Labute approximate surface area is 202 Å². The fourth-order valence-electron chi connectivity index (χ4n) is 4.72. The molecular formula is C25H26N4O4S. The number of carbonyl (C=O) groups is 1. The predicted octanol–water partition coefficient (Wildman–Crippen LogP) is 4.35. The molecule has 0 radical (unpaired) electrons. The number of nitro benzene ring substituents is 1. The van der Waals surface area contributed by atoms with Crippen molar-refractivity contribution in [3.8, 4) is 0 Å². The summed E-state index contributed by atoms with van der Waals surface area (Å²) in [4.78, 5) is 23.3. The Bertz CT molecular complexity index is 1290. The van der Waals surface area contributed by atoms with Crippen LogP contribution in [0.5, 0.6) is 0 Å². The molecule has 3 atom stereocenters. The van der Waals surface area contributed by atoms with E-state index in [0.717, 1.165) is 28.5 Å². The quantitative estimate of drug-likeness (QED) is 0.307. The van der Waals surface area contributed by atoms with Gasteiger partial charge in [0.15, 0.2) is 0 Å². The molecule has 1 N–H and O–H groups in total. The van der Waals surface area contributed by atoms with E-state index in [1.54, 1.807) is 19.1 Å². The average Bonchev–Trinajstić information content (AvgIpc) is 3.25. The van der Waals surface area contributed by atoms with E-state index < -0.39 is 16.8 Å². The van der Waals surface area contributed by atoms with Gasteiger partial charge >= 0.3 is 0 Å². The molecule has 9 heteroatoms. The Balaban J connectivity index is 1.92. The van der Waals surface area contributed by atoms with Crippen molar-refractivity contribution < 1.29 is 14.8 Å². The number of benzene rings is 2. The van der Waals surface area contributed by atoms with Gasteiger partial charge in [-0.15, -0.1) is 0 Å². The zero-order valence-corrected chi connectivity index (χ0v) is 20.3. The maximum absolute atomic E-state index is 12.3. The summed E-state index contributed by atoms with van der Waals surface area (Å²) in [5.74, 6) is -2.05. The number of fused-ring (bicyclic) bond motifs is 1. The summed E-state index contributed by atoms with van der Waals surface area (Å²) in [6.45, 7) is 6.65. The fourth-order valence-corrected chi connectivity index (χ4v) is 5.68. The van der Waals surface area contributed by atoms with Gasteiger partial charge in [0.1, 0.15) is 22.4 Å². The lowest BCUT2D eigenvalue weighted by Crippen LogP contribution is -2.47. The number of hydrogen-bond donors (Lipinski definition) is 1. The van der Waals surface area contributed by atoms with E-state index in [-0.39, 0.29) is 17.3 Å². The van der Waals surface area contributed by atoms with Crippen LogP contribution in [0.25, 0.3) is 0 Å². The molecule has 0 amide bonds. The third-order valence-electron chi connectivity index (χ3n) is 6.93. The number of nitrogens with zero attached hydrogens (tertiary/aromatic N) is 3. The lowest BCUT2D eigenvalue weighted by molar-refractivity contribution is -0.384. The minimum Gasteiger partial charge on any atom is -0.545 e. The first-order chi connectivity index (χ1) is 16.2. The molecule has 0 fully saturated rings. The van der Waals surface area contributed by atoms with Crippen molar-refractivity contribution >= 4 is 33.9 Å².